The van der Waals surface area contributed by atoms with E-state index in [2.05, 4.69) is 18.2 Å². The van der Waals surface area contributed by atoms with Gasteiger partial charge >= 0.3 is 0 Å². The molecule has 0 saturated heterocycles. The van der Waals surface area contributed by atoms with Crippen LogP contribution in [0.3, 0.4) is 0 Å². The van der Waals surface area contributed by atoms with Crippen molar-refractivity contribution in [2.75, 3.05) is 0 Å². The third-order valence-corrected chi connectivity index (χ3v) is 3.05. The average Bonchev–Trinajstić information content (AvgIpc) is 2.84. The molecule has 0 saturated carbocycles. The maximum atomic E-state index is 13.0. The first-order valence-electron chi connectivity index (χ1n) is 5.98. The molecule has 2 aromatic rings. The monoisotopic (exact) mass is 240 g/mol. The highest BCUT2D eigenvalue weighted by atomic mass is 19.1. The standard InChI is InChI=1S/C16H13FO/c17-15-6-1-3-12(9-15)11-18-16-8-7-13-4-2-5-14(13)10-16/h1-3,5-10H,4,11H2. The van der Waals surface area contributed by atoms with Gasteiger partial charge in [0.15, 0.2) is 0 Å². The van der Waals surface area contributed by atoms with Crippen LogP contribution in [-0.2, 0) is 13.0 Å². The van der Waals surface area contributed by atoms with Crippen molar-refractivity contribution >= 4 is 6.08 Å². The number of halogens is 1. The molecular weight excluding hydrogens is 227 g/mol. The van der Waals surface area contributed by atoms with E-state index >= 15 is 0 Å². The van der Waals surface area contributed by atoms with Gasteiger partial charge in [-0.2, -0.15) is 0 Å². The van der Waals surface area contributed by atoms with E-state index in [1.807, 2.05) is 18.2 Å². The fourth-order valence-electron chi connectivity index (χ4n) is 2.11. The van der Waals surface area contributed by atoms with Crippen LogP contribution in [0.4, 0.5) is 4.39 Å². The molecule has 2 aromatic carbocycles. The number of ether oxygens (including phenoxy) is 1. The Bertz CT molecular complexity index is 602. The second-order valence-electron chi connectivity index (χ2n) is 4.39. The topological polar surface area (TPSA) is 9.23 Å². The highest BCUT2D eigenvalue weighted by molar-refractivity contribution is 5.61. The Labute approximate surface area is 106 Å². The van der Waals surface area contributed by atoms with Gasteiger partial charge in [0.1, 0.15) is 18.2 Å². The van der Waals surface area contributed by atoms with Crippen LogP contribution in [0.15, 0.2) is 48.5 Å². The Kier molecular flexibility index (Phi) is 2.85. The number of fused-ring (bicyclic) bond motifs is 1. The van der Waals surface area contributed by atoms with E-state index in [4.69, 9.17) is 4.74 Å². The molecule has 0 unspecified atom stereocenters. The average molecular weight is 240 g/mol. The lowest BCUT2D eigenvalue weighted by atomic mass is 10.1. The summed E-state index contributed by atoms with van der Waals surface area (Å²) in [6.07, 6.45) is 5.24. The largest absolute Gasteiger partial charge is 0.489 e. The quantitative estimate of drug-likeness (QED) is 0.788. The van der Waals surface area contributed by atoms with Gasteiger partial charge in [-0.25, -0.2) is 4.39 Å². The summed E-state index contributed by atoms with van der Waals surface area (Å²) in [5.41, 5.74) is 3.38. The fraction of sp³-hybridized carbons (Fsp3) is 0.125. The molecule has 0 radical (unpaired) electrons. The molecule has 0 amide bonds. The van der Waals surface area contributed by atoms with Gasteiger partial charge in [-0.05, 0) is 47.4 Å². The van der Waals surface area contributed by atoms with Gasteiger partial charge in [0.25, 0.3) is 0 Å². The third kappa shape index (κ3) is 2.28. The van der Waals surface area contributed by atoms with Crippen molar-refractivity contribution in [1.82, 2.24) is 0 Å². The first-order chi connectivity index (χ1) is 8.81. The smallest absolute Gasteiger partial charge is 0.123 e. The first-order valence-corrected chi connectivity index (χ1v) is 5.98. The summed E-state index contributed by atoms with van der Waals surface area (Å²) in [6, 6.07) is 12.5. The highest BCUT2D eigenvalue weighted by Gasteiger charge is 2.06. The molecule has 90 valence electrons. The van der Waals surface area contributed by atoms with Crippen LogP contribution in [0.5, 0.6) is 5.75 Å². The number of hydrogen-bond acceptors (Lipinski definition) is 1. The lowest BCUT2D eigenvalue weighted by molar-refractivity contribution is 0.305. The fourth-order valence-corrected chi connectivity index (χ4v) is 2.11. The van der Waals surface area contributed by atoms with Gasteiger partial charge in [-0.3, -0.25) is 0 Å². The predicted octanol–water partition coefficient (Wildman–Crippen LogP) is 3.97. The van der Waals surface area contributed by atoms with E-state index < -0.39 is 0 Å². The lowest BCUT2D eigenvalue weighted by Crippen LogP contribution is -1.96. The molecule has 3 rings (SSSR count). The van der Waals surface area contributed by atoms with Gasteiger partial charge in [0.05, 0.1) is 0 Å². The molecule has 0 atom stereocenters. The second-order valence-corrected chi connectivity index (χ2v) is 4.39. The summed E-state index contributed by atoms with van der Waals surface area (Å²) in [6.45, 7) is 0.389. The van der Waals surface area contributed by atoms with Crippen molar-refractivity contribution in [3.8, 4) is 5.75 Å². The van der Waals surface area contributed by atoms with Crippen molar-refractivity contribution in [3.63, 3.8) is 0 Å². The summed E-state index contributed by atoms with van der Waals surface area (Å²) in [5.74, 6) is 0.595. The van der Waals surface area contributed by atoms with Crippen LogP contribution >= 0.6 is 0 Å². The SMILES string of the molecule is Fc1cccc(COc2ccc3c(c2)C=CC3)c1. The normalized spacial score (nSPS) is 12.5. The second kappa shape index (κ2) is 4.65. The molecule has 0 aliphatic heterocycles. The van der Waals surface area contributed by atoms with E-state index in [9.17, 15) is 4.39 Å². The van der Waals surface area contributed by atoms with E-state index in [0.717, 1.165) is 17.7 Å². The Morgan fingerprint density at radius 3 is 2.94 bits per heavy atom. The van der Waals surface area contributed by atoms with Crippen molar-refractivity contribution in [3.05, 3.63) is 71.0 Å². The minimum atomic E-state index is -0.229. The van der Waals surface area contributed by atoms with Crippen LogP contribution < -0.4 is 4.74 Å². The molecule has 1 aliphatic rings. The molecule has 0 fully saturated rings. The summed E-state index contributed by atoms with van der Waals surface area (Å²) >= 11 is 0. The Balaban J connectivity index is 1.72. The molecule has 18 heavy (non-hydrogen) atoms. The molecular formula is C16H13FO. The lowest BCUT2D eigenvalue weighted by Gasteiger charge is -2.08. The third-order valence-electron chi connectivity index (χ3n) is 3.05. The van der Waals surface area contributed by atoms with Crippen molar-refractivity contribution in [1.29, 1.82) is 0 Å². The molecule has 2 heteroatoms. The van der Waals surface area contributed by atoms with Crippen molar-refractivity contribution in [2.24, 2.45) is 0 Å². The van der Waals surface area contributed by atoms with E-state index in [-0.39, 0.29) is 5.82 Å². The minimum absolute atomic E-state index is 0.229. The molecule has 0 N–H and O–H groups in total. The zero-order valence-corrected chi connectivity index (χ0v) is 9.90. The summed E-state index contributed by atoms with van der Waals surface area (Å²) < 4.78 is 18.7. The Morgan fingerprint density at radius 2 is 2.06 bits per heavy atom. The van der Waals surface area contributed by atoms with Crippen LogP contribution in [0, 0.1) is 5.82 Å². The predicted molar refractivity (Wildman–Crippen MR) is 69.9 cm³/mol. The van der Waals surface area contributed by atoms with Crippen LogP contribution in [0.2, 0.25) is 0 Å². The summed E-state index contributed by atoms with van der Waals surface area (Å²) in [7, 11) is 0. The van der Waals surface area contributed by atoms with Gasteiger partial charge in [0, 0.05) is 0 Å². The van der Waals surface area contributed by atoms with Crippen LogP contribution in [0.25, 0.3) is 6.08 Å². The number of allylic oxidation sites excluding steroid dienone is 1. The number of hydrogen-bond donors (Lipinski definition) is 0. The van der Waals surface area contributed by atoms with E-state index in [0.29, 0.717) is 6.61 Å². The van der Waals surface area contributed by atoms with E-state index in [1.54, 1.807) is 6.07 Å². The summed E-state index contributed by atoms with van der Waals surface area (Å²) in [5, 5.41) is 0. The van der Waals surface area contributed by atoms with E-state index in [1.165, 1.54) is 23.3 Å². The maximum absolute atomic E-state index is 13.0. The molecule has 0 bridgehead atoms. The minimum Gasteiger partial charge on any atom is -0.489 e. The Morgan fingerprint density at radius 1 is 1.11 bits per heavy atom. The molecule has 0 aromatic heterocycles. The van der Waals surface area contributed by atoms with Crippen molar-refractivity contribution < 1.29 is 9.13 Å². The number of rotatable bonds is 3. The molecule has 1 aliphatic carbocycles. The van der Waals surface area contributed by atoms with Crippen molar-refractivity contribution in [2.45, 2.75) is 13.0 Å². The maximum Gasteiger partial charge on any atom is 0.123 e. The zero-order valence-electron chi connectivity index (χ0n) is 9.90. The van der Waals surface area contributed by atoms with Gasteiger partial charge in [-0.15, -0.1) is 0 Å². The Hall–Kier alpha value is -2.09. The van der Waals surface area contributed by atoms with Gasteiger partial charge in [0.2, 0.25) is 0 Å². The van der Waals surface area contributed by atoms with Gasteiger partial charge in [-0.1, -0.05) is 30.4 Å². The van der Waals surface area contributed by atoms with Gasteiger partial charge < -0.3 is 4.74 Å². The molecule has 0 heterocycles. The number of benzene rings is 2. The summed E-state index contributed by atoms with van der Waals surface area (Å²) in [4.78, 5) is 0. The zero-order chi connectivity index (χ0) is 12.4. The van der Waals surface area contributed by atoms with Crippen LogP contribution in [0.1, 0.15) is 16.7 Å². The first kappa shape index (κ1) is 11.0. The van der Waals surface area contributed by atoms with Crippen LogP contribution in [-0.4, -0.2) is 0 Å². The highest BCUT2D eigenvalue weighted by Crippen LogP contribution is 2.24. The molecule has 1 nitrogen and oxygen atoms in total. The molecule has 0 spiro atoms.